The molecule has 0 radical (unpaired) electrons. The van der Waals surface area contributed by atoms with Gasteiger partial charge in [-0.05, 0) is 26.3 Å². The summed E-state index contributed by atoms with van der Waals surface area (Å²) in [5.74, 6) is 0.842. The summed E-state index contributed by atoms with van der Waals surface area (Å²) in [7, 11) is 1.81. The van der Waals surface area contributed by atoms with E-state index >= 15 is 0 Å². The first-order valence-electron chi connectivity index (χ1n) is 8.47. The number of hydrogen-bond donors (Lipinski definition) is 2. The zero-order valence-corrected chi connectivity index (χ0v) is 14.7. The molecule has 128 valence electrons. The van der Waals surface area contributed by atoms with Crippen LogP contribution in [0.15, 0.2) is 35.3 Å². The highest BCUT2D eigenvalue weighted by Crippen LogP contribution is 2.12. The number of hydrogen-bond acceptors (Lipinski definition) is 3. The molecule has 0 spiro atoms. The molecular weight excluding hydrogens is 288 g/mol. The number of benzene rings is 1. The van der Waals surface area contributed by atoms with Crippen LogP contribution in [0.25, 0.3) is 0 Å². The fourth-order valence-corrected chi connectivity index (χ4v) is 2.98. The number of aliphatic imine (C=N–C) groups is 1. The van der Waals surface area contributed by atoms with Crippen LogP contribution in [0, 0.1) is 0 Å². The van der Waals surface area contributed by atoms with Gasteiger partial charge in [0.15, 0.2) is 5.96 Å². The second-order valence-corrected chi connectivity index (χ2v) is 6.24. The van der Waals surface area contributed by atoms with Crippen molar-refractivity contribution in [1.82, 2.24) is 15.5 Å². The Hall–Kier alpha value is -1.59. The topological polar surface area (TPSA) is 48.9 Å². The fraction of sp³-hybridized carbons (Fsp3) is 0.611. The summed E-state index contributed by atoms with van der Waals surface area (Å²) in [5.41, 5.74) is 1.25. The molecule has 1 aromatic carbocycles. The lowest BCUT2D eigenvalue weighted by Gasteiger charge is -2.38. The van der Waals surface area contributed by atoms with Gasteiger partial charge in [0, 0.05) is 32.2 Å². The minimum absolute atomic E-state index is 0.222. The minimum Gasteiger partial charge on any atom is -0.379 e. The van der Waals surface area contributed by atoms with Crippen molar-refractivity contribution in [3.8, 4) is 0 Å². The summed E-state index contributed by atoms with van der Waals surface area (Å²) in [5, 5.41) is 6.89. The third-order valence-corrected chi connectivity index (χ3v) is 4.43. The van der Waals surface area contributed by atoms with Gasteiger partial charge in [-0.1, -0.05) is 30.3 Å². The lowest BCUT2D eigenvalue weighted by Crippen LogP contribution is -2.53. The molecule has 1 fully saturated rings. The van der Waals surface area contributed by atoms with Gasteiger partial charge in [-0.25, -0.2) is 0 Å². The van der Waals surface area contributed by atoms with E-state index in [1.807, 2.05) is 13.1 Å². The maximum absolute atomic E-state index is 5.51. The maximum atomic E-state index is 5.51. The average molecular weight is 318 g/mol. The number of guanidine groups is 1. The largest absolute Gasteiger partial charge is 0.379 e. The van der Waals surface area contributed by atoms with E-state index in [0.29, 0.717) is 12.1 Å². The fourth-order valence-electron chi connectivity index (χ4n) is 2.98. The Bertz CT molecular complexity index is 491. The molecule has 5 heteroatoms. The van der Waals surface area contributed by atoms with Crippen LogP contribution in [-0.4, -0.2) is 56.3 Å². The van der Waals surface area contributed by atoms with Gasteiger partial charge < -0.3 is 15.4 Å². The highest BCUT2D eigenvalue weighted by atomic mass is 16.5. The Kier molecular flexibility index (Phi) is 6.86. The first kappa shape index (κ1) is 17.8. The number of nitrogens with zero attached hydrogens (tertiary/aromatic N) is 2. The summed E-state index contributed by atoms with van der Waals surface area (Å²) in [6.45, 7) is 10.1. The molecule has 0 aromatic heterocycles. The van der Waals surface area contributed by atoms with Crippen molar-refractivity contribution in [2.75, 3.05) is 33.4 Å². The van der Waals surface area contributed by atoms with Crippen LogP contribution in [0.4, 0.5) is 0 Å². The summed E-state index contributed by atoms with van der Waals surface area (Å²) in [4.78, 5) is 6.83. The Morgan fingerprint density at radius 3 is 2.74 bits per heavy atom. The van der Waals surface area contributed by atoms with Crippen molar-refractivity contribution in [3.05, 3.63) is 35.9 Å². The standard InChI is InChI=1S/C18H30N4O/c1-14(22-10-11-23-13-15(22)2)12-20-18(19-4)21-16(3)17-8-6-5-7-9-17/h5-9,14-16H,10-13H2,1-4H3,(H2,19,20,21). The van der Waals surface area contributed by atoms with Crippen molar-refractivity contribution in [1.29, 1.82) is 0 Å². The van der Waals surface area contributed by atoms with Crippen LogP contribution in [0.2, 0.25) is 0 Å². The monoisotopic (exact) mass is 318 g/mol. The maximum Gasteiger partial charge on any atom is 0.191 e. The van der Waals surface area contributed by atoms with Crippen LogP contribution < -0.4 is 10.6 Å². The van der Waals surface area contributed by atoms with Gasteiger partial charge in [-0.3, -0.25) is 9.89 Å². The summed E-state index contributed by atoms with van der Waals surface area (Å²) >= 11 is 0. The number of morpholine rings is 1. The van der Waals surface area contributed by atoms with Crippen LogP contribution in [-0.2, 0) is 4.74 Å². The van der Waals surface area contributed by atoms with E-state index in [4.69, 9.17) is 4.74 Å². The smallest absolute Gasteiger partial charge is 0.191 e. The molecule has 5 nitrogen and oxygen atoms in total. The van der Waals surface area contributed by atoms with Gasteiger partial charge in [0.2, 0.25) is 0 Å². The predicted octanol–water partition coefficient (Wildman–Crippen LogP) is 2.02. The lowest BCUT2D eigenvalue weighted by molar-refractivity contribution is -0.0174. The molecule has 1 aromatic rings. The van der Waals surface area contributed by atoms with Gasteiger partial charge >= 0.3 is 0 Å². The van der Waals surface area contributed by atoms with E-state index < -0.39 is 0 Å². The lowest BCUT2D eigenvalue weighted by atomic mass is 10.1. The SMILES string of the molecule is CN=C(NCC(C)N1CCOCC1C)NC(C)c1ccccc1. The molecule has 3 unspecified atom stereocenters. The predicted molar refractivity (Wildman–Crippen MR) is 95.8 cm³/mol. The second-order valence-electron chi connectivity index (χ2n) is 6.24. The number of nitrogens with one attached hydrogen (secondary N) is 2. The van der Waals surface area contributed by atoms with Crippen LogP contribution in [0.3, 0.4) is 0 Å². The van der Waals surface area contributed by atoms with Crippen LogP contribution in [0.1, 0.15) is 32.4 Å². The third kappa shape index (κ3) is 5.22. The van der Waals surface area contributed by atoms with Gasteiger partial charge in [-0.2, -0.15) is 0 Å². The van der Waals surface area contributed by atoms with E-state index in [1.165, 1.54) is 5.56 Å². The Morgan fingerprint density at radius 2 is 2.09 bits per heavy atom. The molecule has 0 bridgehead atoms. The van der Waals surface area contributed by atoms with E-state index in [-0.39, 0.29) is 6.04 Å². The number of rotatable bonds is 5. The van der Waals surface area contributed by atoms with Crippen LogP contribution in [0.5, 0.6) is 0 Å². The van der Waals surface area contributed by atoms with E-state index in [9.17, 15) is 0 Å². The molecular formula is C18H30N4O. The van der Waals surface area contributed by atoms with Gasteiger partial charge in [0.1, 0.15) is 0 Å². The second kappa shape index (κ2) is 8.89. The zero-order valence-electron chi connectivity index (χ0n) is 14.7. The average Bonchev–Trinajstić information content (AvgIpc) is 2.59. The molecule has 0 amide bonds. The Morgan fingerprint density at radius 1 is 1.35 bits per heavy atom. The molecule has 0 aliphatic carbocycles. The molecule has 3 atom stereocenters. The molecule has 0 saturated carbocycles. The molecule has 1 heterocycles. The summed E-state index contributed by atoms with van der Waals surface area (Å²) in [6.07, 6.45) is 0. The molecule has 1 saturated heterocycles. The molecule has 1 aliphatic rings. The van der Waals surface area contributed by atoms with Gasteiger partial charge in [-0.15, -0.1) is 0 Å². The summed E-state index contributed by atoms with van der Waals surface area (Å²) < 4.78 is 5.51. The Balaban J connectivity index is 1.83. The highest BCUT2D eigenvalue weighted by Gasteiger charge is 2.23. The van der Waals surface area contributed by atoms with Crippen molar-refractivity contribution >= 4 is 5.96 Å². The third-order valence-electron chi connectivity index (χ3n) is 4.43. The molecule has 1 aliphatic heterocycles. The highest BCUT2D eigenvalue weighted by molar-refractivity contribution is 5.80. The van der Waals surface area contributed by atoms with E-state index in [2.05, 4.69) is 65.6 Å². The van der Waals surface area contributed by atoms with Crippen molar-refractivity contribution in [2.24, 2.45) is 4.99 Å². The zero-order chi connectivity index (χ0) is 16.7. The van der Waals surface area contributed by atoms with Crippen molar-refractivity contribution in [3.63, 3.8) is 0 Å². The minimum atomic E-state index is 0.222. The molecule has 23 heavy (non-hydrogen) atoms. The van der Waals surface area contributed by atoms with Gasteiger partial charge in [0.05, 0.1) is 19.3 Å². The van der Waals surface area contributed by atoms with Crippen molar-refractivity contribution in [2.45, 2.75) is 38.9 Å². The van der Waals surface area contributed by atoms with E-state index in [1.54, 1.807) is 0 Å². The first-order valence-corrected chi connectivity index (χ1v) is 8.47. The van der Waals surface area contributed by atoms with Crippen molar-refractivity contribution < 1.29 is 4.74 Å². The normalized spacial score (nSPS) is 22.4. The van der Waals surface area contributed by atoms with E-state index in [0.717, 1.165) is 32.3 Å². The quantitative estimate of drug-likeness (QED) is 0.644. The molecule has 2 rings (SSSR count). The Labute approximate surface area is 140 Å². The van der Waals surface area contributed by atoms with Gasteiger partial charge in [0.25, 0.3) is 0 Å². The summed E-state index contributed by atoms with van der Waals surface area (Å²) in [6, 6.07) is 11.6. The first-order chi connectivity index (χ1) is 11.1. The van der Waals surface area contributed by atoms with Crippen LogP contribution >= 0.6 is 0 Å². The number of ether oxygens (including phenoxy) is 1. The molecule has 2 N–H and O–H groups in total.